The van der Waals surface area contributed by atoms with E-state index in [2.05, 4.69) is 26.1 Å². The lowest BCUT2D eigenvalue weighted by Crippen LogP contribution is -2.37. The van der Waals surface area contributed by atoms with Gasteiger partial charge in [0.15, 0.2) is 6.10 Å². The average molecular weight is 389 g/mol. The zero-order valence-electron chi connectivity index (χ0n) is 15.7. The van der Waals surface area contributed by atoms with Gasteiger partial charge in [0.1, 0.15) is 5.75 Å². The molecule has 1 amide bonds. The third kappa shape index (κ3) is 8.00. The van der Waals surface area contributed by atoms with E-state index in [1.165, 1.54) is 11.4 Å². The summed E-state index contributed by atoms with van der Waals surface area (Å²) >= 11 is 1.79. The van der Waals surface area contributed by atoms with Crippen molar-refractivity contribution in [2.75, 3.05) is 29.9 Å². The van der Waals surface area contributed by atoms with Crippen LogP contribution in [0.2, 0.25) is 0 Å². The lowest BCUT2D eigenvalue weighted by molar-refractivity contribution is -0.127. The summed E-state index contributed by atoms with van der Waals surface area (Å²) in [6.07, 6.45) is 0.514. The van der Waals surface area contributed by atoms with Gasteiger partial charge in [0.2, 0.25) is 10.0 Å². The molecule has 0 spiro atoms. The number of ether oxygens (including phenoxy) is 1. The van der Waals surface area contributed by atoms with Crippen molar-refractivity contribution in [2.45, 2.75) is 38.5 Å². The summed E-state index contributed by atoms with van der Waals surface area (Å²) in [5.74, 6) is 1.18. The third-order valence-corrected chi connectivity index (χ3v) is 5.80. The fraction of sp³-hybridized carbons (Fsp3) is 0.588. The minimum absolute atomic E-state index is 0.174. The van der Waals surface area contributed by atoms with E-state index in [1.54, 1.807) is 43.0 Å². The van der Waals surface area contributed by atoms with Gasteiger partial charge in [-0.1, -0.05) is 20.8 Å². The van der Waals surface area contributed by atoms with Gasteiger partial charge in [0.05, 0.1) is 11.9 Å². The van der Waals surface area contributed by atoms with Crippen molar-refractivity contribution in [1.29, 1.82) is 0 Å². The van der Waals surface area contributed by atoms with E-state index in [1.807, 2.05) is 0 Å². The van der Waals surface area contributed by atoms with Crippen LogP contribution in [0.25, 0.3) is 0 Å². The first-order valence-corrected chi connectivity index (χ1v) is 10.9. The quantitative estimate of drug-likeness (QED) is 0.693. The number of sulfonamides is 1. The van der Waals surface area contributed by atoms with Crippen molar-refractivity contribution >= 4 is 33.4 Å². The molecular formula is C17H28N2O4S2. The Kier molecular flexibility index (Phi) is 7.62. The zero-order chi connectivity index (χ0) is 19.3. The molecule has 142 valence electrons. The van der Waals surface area contributed by atoms with Crippen molar-refractivity contribution in [3.63, 3.8) is 0 Å². The molecule has 8 heteroatoms. The van der Waals surface area contributed by atoms with Gasteiger partial charge in [0, 0.05) is 24.1 Å². The molecule has 1 N–H and O–H groups in total. The number of carbonyl (C=O) groups excluding carboxylic acids is 1. The third-order valence-electron chi connectivity index (χ3n) is 3.32. The molecule has 1 aromatic carbocycles. The van der Waals surface area contributed by atoms with Crippen LogP contribution in [-0.4, -0.2) is 50.8 Å². The van der Waals surface area contributed by atoms with E-state index in [9.17, 15) is 13.2 Å². The molecule has 0 bridgehead atoms. The smallest absolute Gasteiger partial charge is 0.260 e. The minimum atomic E-state index is -3.30. The molecule has 0 aliphatic carbocycles. The standard InChI is InChI=1S/C17H28N2O4S2/c1-13(16(20)18-11-12-24-17(2,3)4)23-15-9-7-14(8-10-15)19(5)25(6,21)22/h7-10,13H,11-12H2,1-6H3,(H,18,20). The lowest BCUT2D eigenvalue weighted by Gasteiger charge is -2.19. The number of amides is 1. The number of thioether (sulfide) groups is 1. The first kappa shape index (κ1) is 21.6. The molecule has 0 heterocycles. The highest BCUT2D eigenvalue weighted by molar-refractivity contribution is 8.00. The highest BCUT2D eigenvalue weighted by atomic mass is 32.2. The van der Waals surface area contributed by atoms with Crippen LogP contribution in [0.3, 0.4) is 0 Å². The van der Waals surface area contributed by atoms with Gasteiger partial charge in [-0.2, -0.15) is 11.8 Å². The number of benzene rings is 1. The van der Waals surface area contributed by atoms with Gasteiger partial charge < -0.3 is 10.1 Å². The van der Waals surface area contributed by atoms with Crippen LogP contribution < -0.4 is 14.4 Å². The lowest BCUT2D eigenvalue weighted by atomic mass is 10.3. The average Bonchev–Trinajstić information content (AvgIpc) is 2.49. The molecule has 0 aromatic heterocycles. The summed E-state index contributed by atoms with van der Waals surface area (Å²) < 4.78 is 30.0. The van der Waals surface area contributed by atoms with Crippen LogP contribution in [0, 0.1) is 0 Å². The molecule has 6 nitrogen and oxygen atoms in total. The Hall–Kier alpha value is -1.41. The maximum Gasteiger partial charge on any atom is 0.260 e. The van der Waals surface area contributed by atoms with E-state index >= 15 is 0 Å². The molecule has 1 rings (SSSR count). The fourth-order valence-corrected chi connectivity index (χ4v) is 3.18. The number of carbonyl (C=O) groups is 1. The van der Waals surface area contributed by atoms with E-state index < -0.39 is 16.1 Å². The van der Waals surface area contributed by atoms with Crippen LogP contribution >= 0.6 is 11.8 Å². The number of nitrogens with zero attached hydrogens (tertiary/aromatic N) is 1. The Balaban J connectivity index is 2.51. The Morgan fingerprint density at radius 3 is 2.32 bits per heavy atom. The molecule has 0 saturated heterocycles. The maximum absolute atomic E-state index is 12.0. The van der Waals surface area contributed by atoms with Crippen LogP contribution in [0.1, 0.15) is 27.7 Å². The Bertz CT molecular complexity index is 667. The van der Waals surface area contributed by atoms with Gasteiger partial charge >= 0.3 is 0 Å². The molecule has 0 aliphatic heterocycles. The van der Waals surface area contributed by atoms with Gasteiger partial charge in [-0.15, -0.1) is 0 Å². The summed E-state index contributed by atoms with van der Waals surface area (Å²) in [7, 11) is -1.82. The molecular weight excluding hydrogens is 360 g/mol. The molecule has 0 saturated carbocycles. The van der Waals surface area contributed by atoms with Crippen molar-refractivity contribution in [1.82, 2.24) is 5.32 Å². The predicted molar refractivity (Wildman–Crippen MR) is 105 cm³/mol. The number of nitrogens with one attached hydrogen (secondary N) is 1. The highest BCUT2D eigenvalue weighted by Gasteiger charge is 2.16. The van der Waals surface area contributed by atoms with Gasteiger partial charge in [0.25, 0.3) is 5.91 Å². The van der Waals surface area contributed by atoms with Crippen LogP contribution in [0.5, 0.6) is 5.75 Å². The second-order valence-corrected chi connectivity index (χ2v) is 10.7. The van der Waals surface area contributed by atoms with Gasteiger partial charge in [-0.3, -0.25) is 9.10 Å². The summed E-state index contributed by atoms with van der Waals surface area (Å²) in [5, 5.41) is 2.85. The first-order valence-electron chi connectivity index (χ1n) is 8.02. The summed E-state index contributed by atoms with van der Waals surface area (Å²) in [6, 6.07) is 6.58. The Morgan fingerprint density at radius 1 is 1.28 bits per heavy atom. The second-order valence-electron chi connectivity index (χ2n) is 6.74. The van der Waals surface area contributed by atoms with Crippen molar-refractivity contribution < 1.29 is 17.9 Å². The molecule has 1 unspecified atom stereocenters. The van der Waals surface area contributed by atoms with Crippen molar-refractivity contribution in [2.24, 2.45) is 0 Å². The molecule has 0 aliphatic rings. The van der Waals surface area contributed by atoms with Crippen LogP contribution in [0.4, 0.5) is 5.69 Å². The molecule has 1 aromatic rings. The SMILES string of the molecule is CC(Oc1ccc(N(C)S(C)(=O)=O)cc1)C(=O)NCCSC(C)(C)C. The van der Waals surface area contributed by atoms with Gasteiger partial charge in [-0.25, -0.2) is 8.42 Å². The number of hydrogen-bond acceptors (Lipinski definition) is 5. The molecule has 0 fully saturated rings. The topological polar surface area (TPSA) is 75.7 Å². The zero-order valence-corrected chi connectivity index (χ0v) is 17.3. The molecule has 1 atom stereocenters. The largest absolute Gasteiger partial charge is 0.481 e. The number of hydrogen-bond donors (Lipinski definition) is 1. The molecule has 25 heavy (non-hydrogen) atoms. The summed E-state index contributed by atoms with van der Waals surface area (Å²) in [6.45, 7) is 8.68. The van der Waals surface area contributed by atoms with Crippen LogP contribution in [-0.2, 0) is 14.8 Å². The van der Waals surface area contributed by atoms with Gasteiger partial charge in [-0.05, 0) is 31.2 Å². The minimum Gasteiger partial charge on any atom is -0.481 e. The first-order chi connectivity index (χ1) is 11.4. The van der Waals surface area contributed by atoms with E-state index in [0.717, 1.165) is 12.0 Å². The van der Waals surface area contributed by atoms with E-state index in [4.69, 9.17) is 4.74 Å². The highest BCUT2D eigenvalue weighted by Crippen LogP contribution is 2.22. The monoisotopic (exact) mass is 388 g/mol. The normalized spacial score (nSPS) is 13.2. The van der Waals surface area contributed by atoms with E-state index in [0.29, 0.717) is 18.0 Å². The number of rotatable bonds is 8. The van der Waals surface area contributed by atoms with E-state index in [-0.39, 0.29) is 10.7 Å². The maximum atomic E-state index is 12.0. The Morgan fingerprint density at radius 2 is 1.84 bits per heavy atom. The number of anilines is 1. The van der Waals surface area contributed by atoms with Crippen molar-refractivity contribution in [3.05, 3.63) is 24.3 Å². The fourth-order valence-electron chi connectivity index (χ4n) is 1.86. The molecule has 0 radical (unpaired) electrons. The summed E-state index contributed by atoms with van der Waals surface area (Å²) in [4.78, 5) is 12.0. The van der Waals surface area contributed by atoms with Crippen LogP contribution in [0.15, 0.2) is 24.3 Å². The van der Waals surface area contributed by atoms with Crippen molar-refractivity contribution in [3.8, 4) is 5.75 Å². The Labute approximate surface area is 155 Å². The second kappa shape index (κ2) is 8.80. The predicted octanol–water partition coefficient (Wildman–Crippen LogP) is 2.50. The summed E-state index contributed by atoms with van der Waals surface area (Å²) in [5.41, 5.74) is 0.533.